The van der Waals surface area contributed by atoms with E-state index in [4.69, 9.17) is 14.2 Å². The first-order chi connectivity index (χ1) is 13.9. The summed E-state index contributed by atoms with van der Waals surface area (Å²) in [5.41, 5.74) is 0.604. The molecule has 154 valence electrons. The zero-order valence-electron chi connectivity index (χ0n) is 15.9. The lowest BCUT2D eigenvalue weighted by molar-refractivity contribution is -0.160. The summed E-state index contributed by atoms with van der Waals surface area (Å²) >= 11 is 0. The largest absolute Gasteiger partial charge is 0.486 e. The van der Waals surface area contributed by atoms with Crippen molar-refractivity contribution in [3.63, 3.8) is 0 Å². The second-order valence-electron chi connectivity index (χ2n) is 7.03. The molecule has 0 unspecified atom stereocenters. The number of nitrogens with zero attached hydrogens (tertiary/aromatic N) is 2. The number of fused-ring (bicyclic) bond motifs is 1. The minimum Gasteiger partial charge on any atom is -0.486 e. The van der Waals surface area contributed by atoms with E-state index in [1.54, 1.807) is 18.2 Å². The summed E-state index contributed by atoms with van der Waals surface area (Å²) in [5.74, 6) is -0.975. The Labute approximate surface area is 166 Å². The van der Waals surface area contributed by atoms with Gasteiger partial charge in [-0.05, 0) is 19.1 Å². The van der Waals surface area contributed by atoms with Crippen LogP contribution in [0.4, 0.5) is 10.5 Å². The zero-order chi connectivity index (χ0) is 20.5. The zero-order valence-corrected chi connectivity index (χ0v) is 15.9. The molecule has 10 heteroatoms. The van der Waals surface area contributed by atoms with Crippen LogP contribution in [0, 0.1) is 5.92 Å². The summed E-state index contributed by atoms with van der Waals surface area (Å²) in [4.78, 5) is 51.3. The van der Waals surface area contributed by atoms with Gasteiger partial charge in [-0.25, -0.2) is 4.79 Å². The number of urea groups is 1. The molecule has 1 N–H and O–H groups in total. The van der Waals surface area contributed by atoms with E-state index in [0.29, 0.717) is 36.9 Å². The second-order valence-corrected chi connectivity index (χ2v) is 7.03. The van der Waals surface area contributed by atoms with Crippen LogP contribution in [0.25, 0.3) is 0 Å². The van der Waals surface area contributed by atoms with Crippen LogP contribution in [0.2, 0.25) is 0 Å². The predicted octanol–water partition coefficient (Wildman–Crippen LogP) is 0.294. The molecule has 0 aromatic heterocycles. The Balaban J connectivity index is 1.39. The highest BCUT2D eigenvalue weighted by Crippen LogP contribution is 2.36. The number of benzene rings is 1. The van der Waals surface area contributed by atoms with Gasteiger partial charge in [-0.3, -0.25) is 19.3 Å². The number of amides is 4. The summed E-state index contributed by atoms with van der Waals surface area (Å²) in [6.07, 6.45) is -1.12. The molecule has 0 aliphatic carbocycles. The Morgan fingerprint density at radius 1 is 1.21 bits per heavy atom. The van der Waals surface area contributed by atoms with Gasteiger partial charge in [0.2, 0.25) is 5.91 Å². The molecule has 2 fully saturated rings. The number of hydrogen-bond donors (Lipinski definition) is 1. The summed E-state index contributed by atoms with van der Waals surface area (Å²) < 4.78 is 16.3. The lowest BCUT2D eigenvalue weighted by atomic mass is 10.1. The van der Waals surface area contributed by atoms with Gasteiger partial charge < -0.3 is 24.4 Å². The lowest BCUT2D eigenvalue weighted by Gasteiger charge is -2.22. The van der Waals surface area contributed by atoms with Crippen molar-refractivity contribution in [3.05, 3.63) is 18.2 Å². The molecular weight excluding hydrogens is 382 g/mol. The van der Waals surface area contributed by atoms with Crippen molar-refractivity contribution in [2.24, 2.45) is 5.92 Å². The van der Waals surface area contributed by atoms with Gasteiger partial charge >= 0.3 is 12.0 Å². The molecule has 0 saturated carbocycles. The maximum atomic E-state index is 12.5. The molecular formula is C19H21N3O7. The quantitative estimate of drug-likeness (QED) is 0.719. The highest BCUT2D eigenvalue weighted by molar-refractivity contribution is 6.01. The SMILES string of the molecule is C[C@@H](OC(=O)[C@H]1CC(=O)N(c2ccc3c(c2)OCCO3)C1)C(=O)N1CCNC1=O. The number of hydrogen-bond acceptors (Lipinski definition) is 7. The molecule has 1 aromatic rings. The van der Waals surface area contributed by atoms with Crippen molar-refractivity contribution in [1.82, 2.24) is 10.2 Å². The van der Waals surface area contributed by atoms with E-state index < -0.39 is 29.9 Å². The molecule has 3 aliphatic heterocycles. The Bertz CT molecular complexity index is 871. The summed E-state index contributed by atoms with van der Waals surface area (Å²) in [6, 6.07) is 4.67. The van der Waals surface area contributed by atoms with Crippen LogP contribution in [-0.4, -0.2) is 67.7 Å². The van der Waals surface area contributed by atoms with Crippen LogP contribution in [0.3, 0.4) is 0 Å². The van der Waals surface area contributed by atoms with Crippen LogP contribution in [-0.2, 0) is 19.1 Å². The Morgan fingerprint density at radius 3 is 2.69 bits per heavy atom. The van der Waals surface area contributed by atoms with E-state index in [1.807, 2.05) is 0 Å². The number of ether oxygens (including phenoxy) is 3. The minimum absolute atomic E-state index is 0.0155. The third kappa shape index (κ3) is 3.69. The van der Waals surface area contributed by atoms with Gasteiger partial charge in [0.05, 0.1) is 5.92 Å². The number of rotatable bonds is 4. The van der Waals surface area contributed by atoms with E-state index in [1.165, 1.54) is 11.8 Å². The average Bonchev–Trinajstić information content (AvgIpc) is 3.32. The fourth-order valence-corrected chi connectivity index (χ4v) is 3.54. The summed E-state index contributed by atoms with van der Waals surface area (Å²) in [5, 5.41) is 2.52. The van der Waals surface area contributed by atoms with Gasteiger partial charge in [0, 0.05) is 37.8 Å². The third-order valence-corrected chi connectivity index (χ3v) is 5.06. The van der Waals surface area contributed by atoms with Crippen molar-refractivity contribution >= 4 is 29.5 Å². The molecule has 0 bridgehead atoms. The molecule has 3 heterocycles. The fourth-order valence-electron chi connectivity index (χ4n) is 3.54. The van der Waals surface area contributed by atoms with E-state index in [0.717, 1.165) is 4.90 Å². The first kappa shape index (κ1) is 19.0. The van der Waals surface area contributed by atoms with Gasteiger partial charge in [0.25, 0.3) is 5.91 Å². The number of nitrogens with one attached hydrogen (secondary N) is 1. The molecule has 0 radical (unpaired) electrons. The Morgan fingerprint density at radius 2 is 1.97 bits per heavy atom. The molecule has 3 aliphatic rings. The van der Waals surface area contributed by atoms with Crippen LogP contribution >= 0.6 is 0 Å². The fraction of sp³-hybridized carbons (Fsp3) is 0.474. The van der Waals surface area contributed by atoms with Crippen LogP contribution < -0.4 is 19.7 Å². The molecule has 29 heavy (non-hydrogen) atoms. The minimum atomic E-state index is -1.11. The van der Waals surface area contributed by atoms with E-state index in [2.05, 4.69) is 5.32 Å². The molecule has 4 rings (SSSR count). The first-order valence-corrected chi connectivity index (χ1v) is 9.44. The normalized spacial score (nSPS) is 21.8. The number of imide groups is 1. The standard InChI is InChI=1S/C19H21N3O7/c1-11(17(24)21-5-4-20-19(21)26)29-18(25)12-8-16(23)22(10-12)13-2-3-14-15(9-13)28-7-6-27-14/h2-3,9,11-12H,4-8,10H2,1H3,(H,20,26)/t11-,12+/m1/s1. The van der Waals surface area contributed by atoms with Crippen LogP contribution in [0.1, 0.15) is 13.3 Å². The lowest BCUT2D eigenvalue weighted by Crippen LogP contribution is -2.42. The predicted molar refractivity (Wildman–Crippen MR) is 98.6 cm³/mol. The Hall–Kier alpha value is -3.30. The molecule has 2 atom stereocenters. The highest BCUT2D eigenvalue weighted by atomic mass is 16.6. The highest BCUT2D eigenvalue weighted by Gasteiger charge is 2.39. The van der Waals surface area contributed by atoms with E-state index in [9.17, 15) is 19.2 Å². The van der Waals surface area contributed by atoms with Gasteiger partial charge in [-0.15, -0.1) is 0 Å². The van der Waals surface area contributed by atoms with Crippen molar-refractivity contribution in [2.75, 3.05) is 37.7 Å². The second kappa shape index (κ2) is 7.61. The third-order valence-electron chi connectivity index (χ3n) is 5.06. The number of carbonyl (C=O) groups excluding carboxylic acids is 4. The Kier molecular flexibility index (Phi) is 4.99. The van der Waals surface area contributed by atoms with Crippen molar-refractivity contribution in [1.29, 1.82) is 0 Å². The maximum absolute atomic E-state index is 12.5. The van der Waals surface area contributed by atoms with Crippen molar-refractivity contribution in [2.45, 2.75) is 19.4 Å². The molecule has 0 spiro atoms. The number of anilines is 1. The number of carbonyl (C=O) groups is 4. The summed E-state index contributed by atoms with van der Waals surface area (Å²) in [6.45, 7) is 3.06. The van der Waals surface area contributed by atoms with Gasteiger partial charge in [0.15, 0.2) is 17.6 Å². The van der Waals surface area contributed by atoms with E-state index >= 15 is 0 Å². The van der Waals surface area contributed by atoms with E-state index in [-0.39, 0.29) is 25.4 Å². The molecule has 10 nitrogen and oxygen atoms in total. The van der Waals surface area contributed by atoms with Crippen LogP contribution in [0.15, 0.2) is 18.2 Å². The first-order valence-electron chi connectivity index (χ1n) is 9.44. The van der Waals surface area contributed by atoms with Gasteiger partial charge in [0.1, 0.15) is 13.2 Å². The van der Waals surface area contributed by atoms with Gasteiger partial charge in [-0.2, -0.15) is 0 Å². The average molecular weight is 403 g/mol. The molecule has 4 amide bonds. The van der Waals surface area contributed by atoms with Crippen LogP contribution in [0.5, 0.6) is 11.5 Å². The van der Waals surface area contributed by atoms with Gasteiger partial charge in [-0.1, -0.05) is 0 Å². The number of esters is 1. The molecule has 1 aromatic carbocycles. The van der Waals surface area contributed by atoms with Crippen molar-refractivity contribution < 1.29 is 33.4 Å². The monoisotopic (exact) mass is 403 g/mol. The summed E-state index contributed by atoms with van der Waals surface area (Å²) in [7, 11) is 0. The maximum Gasteiger partial charge on any atom is 0.324 e. The topological polar surface area (TPSA) is 114 Å². The smallest absolute Gasteiger partial charge is 0.324 e. The molecule has 2 saturated heterocycles. The van der Waals surface area contributed by atoms with Crippen molar-refractivity contribution in [3.8, 4) is 11.5 Å².